The van der Waals surface area contributed by atoms with Crippen LogP contribution in [0.15, 0.2) is 24.3 Å². The van der Waals surface area contributed by atoms with Gasteiger partial charge < -0.3 is 15.8 Å². The highest BCUT2D eigenvalue weighted by Crippen LogP contribution is 2.48. The predicted octanol–water partition coefficient (Wildman–Crippen LogP) is 2.07. The minimum absolute atomic E-state index is 0. The number of hydrogen-bond acceptors (Lipinski definition) is 3. The molecule has 2 aliphatic rings. The first-order valence-electron chi connectivity index (χ1n) is 7.77. The Morgan fingerprint density at radius 3 is 2.45 bits per heavy atom. The predicted molar refractivity (Wildman–Crippen MR) is 89.3 cm³/mol. The first-order valence-corrected chi connectivity index (χ1v) is 7.77. The molecule has 1 amide bonds. The number of benzene rings is 1. The van der Waals surface area contributed by atoms with Gasteiger partial charge in [0.15, 0.2) is 0 Å². The number of amides is 1. The van der Waals surface area contributed by atoms with Crippen molar-refractivity contribution in [3.63, 3.8) is 0 Å². The summed E-state index contributed by atoms with van der Waals surface area (Å²) in [5.41, 5.74) is 8.27. The van der Waals surface area contributed by atoms with Gasteiger partial charge in [-0.05, 0) is 43.7 Å². The van der Waals surface area contributed by atoms with E-state index in [9.17, 15) is 4.79 Å². The Morgan fingerprint density at radius 2 is 1.86 bits per heavy atom. The number of rotatable bonds is 4. The average molecular weight is 325 g/mol. The summed E-state index contributed by atoms with van der Waals surface area (Å²) in [6.45, 7) is 3.98. The number of hydrogen-bond donors (Lipinski definition) is 2. The molecule has 0 aromatic heterocycles. The van der Waals surface area contributed by atoms with Gasteiger partial charge in [0.25, 0.3) is 0 Å². The maximum Gasteiger partial charge on any atom is 0.240 e. The lowest BCUT2D eigenvalue weighted by Crippen LogP contribution is -2.57. The van der Waals surface area contributed by atoms with Crippen molar-refractivity contribution >= 4 is 18.3 Å². The molecule has 1 aliphatic carbocycles. The van der Waals surface area contributed by atoms with Crippen LogP contribution in [-0.4, -0.2) is 31.2 Å². The maximum absolute atomic E-state index is 12.4. The Balaban J connectivity index is 0.00000176. The van der Waals surface area contributed by atoms with Gasteiger partial charge in [-0.2, -0.15) is 0 Å². The van der Waals surface area contributed by atoms with E-state index in [-0.39, 0.29) is 23.7 Å². The first-order chi connectivity index (χ1) is 10.1. The molecule has 22 heavy (non-hydrogen) atoms. The summed E-state index contributed by atoms with van der Waals surface area (Å²) in [6.07, 6.45) is 3.49. The molecule has 1 saturated carbocycles. The summed E-state index contributed by atoms with van der Waals surface area (Å²) >= 11 is 0. The van der Waals surface area contributed by atoms with Gasteiger partial charge in [-0.3, -0.25) is 4.79 Å². The summed E-state index contributed by atoms with van der Waals surface area (Å²) in [7, 11) is 0. The molecule has 3 rings (SSSR count). The molecule has 1 aliphatic heterocycles. The molecule has 1 aromatic rings. The Bertz CT molecular complexity index is 537. The highest BCUT2D eigenvalue weighted by atomic mass is 35.5. The number of ether oxygens (including phenoxy) is 1. The lowest BCUT2D eigenvalue weighted by Gasteiger charge is -2.32. The fourth-order valence-electron chi connectivity index (χ4n) is 3.25. The normalized spacial score (nSPS) is 21.5. The third-order valence-electron chi connectivity index (χ3n) is 4.99. The lowest BCUT2D eigenvalue weighted by atomic mass is 9.88. The van der Waals surface area contributed by atoms with Gasteiger partial charge in [-0.15, -0.1) is 12.4 Å². The smallest absolute Gasteiger partial charge is 0.240 e. The molecule has 1 aromatic carbocycles. The minimum atomic E-state index is -0.750. The Kier molecular flexibility index (Phi) is 5.15. The van der Waals surface area contributed by atoms with Crippen LogP contribution in [0.3, 0.4) is 0 Å². The molecule has 0 bridgehead atoms. The second-order valence-electron chi connectivity index (χ2n) is 6.55. The Hall–Kier alpha value is -1.10. The van der Waals surface area contributed by atoms with Gasteiger partial charge in [0.05, 0.1) is 5.54 Å². The first kappa shape index (κ1) is 17.3. The fraction of sp³-hybridized carbons (Fsp3) is 0.588. The van der Waals surface area contributed by atoms with E-state index in [2.05, 4.69) is 36.5 Å². The van der Waals surface area contributed by atoms with Crippen molar-refractivity contribution in [3.05, 3.63) is 35.4 Å². The zero-order valence-electron chi connectivity index (χ0n) is 13.1. The van der Waals surface area contributed by atoms with Crippen LogP contribution in [0.1, 0.15) is 36.8 Å². The van der Waals surface area contributed by atoms with E-state index in [1.165, 1.54) is 11.1 Å². The van der Waals surface area contributed by atoms with Gasteiger partial charge in [-0.1, -0.05) is 24.3 Å². The molecule has 0 spiro atoms. The third kappa shape index (κ3) is 3.29. The summed E-state index contributed by atoms with van der Waals surface area (Å²) < 4.78 is 5.30. The van der Waals surface area contributed by atoms with Crippen LogP contribution in [0.25, 0.3) is 0 Å². The number of carbonyl (C=O) groups excluding carboxylic acids is 1. The standard InChI is InChI=1S/C17H24N2O2.ClH/c1-13-4-2-3-5-14(13)16(6-7-16)12-19-15(20)17(18)8-10-21-11-9-17;/h2-5H,6-12,18H2,1H3,(H,19,20);1H. The van der Waals surface area contributed by atoms with Crippen LogP contribution >= 0.6 is 12.4 Å². The Morgan fingerprint density at radius 1 is 1.23 bits per heavy atom. The molecule has 122 valence electrons. The topological polar surface area (TPSA) is 64.4 Å². The van der Waals surface area contributed by atoms with Crippen LogP contribution in [0.2, 0.25) is 0 Å². The quantitative estimate of drug-likeness (QED) is 0.891. The van der Waals surface area contributed by atoms with Crippen molar-refractivity contribution in [1.82, 2.24) is 5.32 Å². The largest absolute Gasteiger partial charge is 0.381 e. The highest BCUT2D eigenvalue weighted by Gasteiger charge is 2.46. The van der Waals surface area contributed by atoms with Crippen molar-refractivity contribution < 1.29 is 9.53 Å². The molecule has 0 radical (unpaired) electrons. The van der Waals surface area contributed by atoms with Gasteiger partial charge in [0.1, 0.15) is 0 Å². The molecule has 1 saturated heterocycles. The fourth-order valence-corrected chi connectivity index (χ4v) is 3.25. The average Bonchev–Trinajstić information content (AvgIpc) is 3.27. The van der Waals surface area contributed by atoms with Crippen LogP contribution in [-0.2, 0) is 14.9 Å². The van der Waals surface area contributed by atoms with Gasteiger partial charge in [-0.25, -0.2) is 0 Å². The molecule has 5 heteroatoms. The number of nitrogens with two attached hydrogens (primary N) is 1. The molecule has 4 nitrogen and oxygen atoms in total. The molecule has 2 fully saturated rings. The summed E-state index contributed by atoms with van der Waals surface area (Å²) in [5.74, 6) is -0.0225. The van der Waals surface area contributed by atoms with Crippen molar-refractivity contribution in [3.8, 4) is 0 Å². The van der Waals surface area contributed by atoms with E-state index in [0.29, 0.717) is 32.6 Å². The van der Waals surface area contributed by atoms with Crippen LogP contribution in [0.5, 0.6) is 0 Å². The molecular weight excluding hydrogens is 300 g/mol. The monoisotopic (exact) mass is 324 g/mol. The van der Waals surface area contributed by atoms with Crippen LogP contribution in [0.4, 0.5) is 0 Å². The Labute approximate surface area is 138 Å². The summed E-state index contributed by atoms with van der Waals surface area (Å²) in [4.78, 5) is 12.4. The molecule has 0 unspecified atom stereocenters. The van der Waals surface area contributed by atoms with E-state index in [1.54, 1.807) is 0 Å². The second kappa shape index (κ2) is 6.57. The second-order valence-corrected chi connectivity index (χ2v) is 6.55. The SMILES string of the molecule is Cc1ccccc1C1(CNC(=O)C2(N)CCOCC2)CC1.Cl. The summed E-state index contributed by atoms with van der Waals surface area (Å²) in [6, 6.07) is 8.46. The highest BCUT2D eigenvalue weighted by molar-refractivity contribution is 5.86. The van der Waals surface area contributed by atoms with Gasteiger partial charge >= 0.3 is 0 Å². The number of carbonyl (C=O) groups is 1. The van der Waals surface area contributed by atoms with E-state index >= 15 is 0 Å². The third-order valence-corrected chi connectivity index (χ3v) is 4.99. The molecule has 3 N–H and O–H groups in total. The number of aryl methyl sites for hydroxylation is 1. The zero-order chi connectivity index (χ0) is 14.9. The molecule has 1 heterocycles. The molecule has 0 atom stereocenters. The van der Waals surface area contributed by atoms with E-state index in [1.807, 2.05) is 0 Å². The van der Waals surface area contributed by atoms with E-state index in [0.717, 1.165) is 12.8 Å². The number of nitrogens with one attached hydrogen (secondary N) is 1. The van der Waals surface area contributed by atoms with E-state index in [4.69, 9.17) is 10.5 Å². The lowest BCUT2D eigenvalue weighted by molar-refractivity contribution is -0.129. The molecular formula is C17H25ClN2O2. The van der Waals surface area contributed by atoms with Gasteiger partial charge in [0.2, 0.25) is 5.91 Å². The van der Waals surface area contributed by atoms with Crippen molar-refractivity contribution in [2.75, 3.05) is 19.8 Å². The van der Waals surface area contributed by atoms with E-state index < -0.39 is 5.54 Å². The zero-order valence-corrected chi connectivity index (χ0v) is 13.9. The number of halogens is 1. The van der Waals surface area contributed by atoms with Gasteiger partial charge in [0, 0.05) is 25.2 Å². The van der Waals surface area contributed by atoms with Crippen molar-refractivity contribution in [2.24, 2.45) is 5.73 Å². The maximum atomic E-state index is 12.4. The summed E-state index contributed by atoms with van der Waals surface area (Å²) in [5, 5.41) is 3.10. The van der Waals surface area contributed by atoms with Crippen LogP contribution < -0.4 is 11.1 Å². The van der Waals surface area contributed by atoms with Crippen molar-refractivity contribution in [2.45, 2.75) is 43.6 Å². The van der Waals surface area contributed by atoms with Crippen LogP contribution in [0, 0.1) is 6.92 Å². The van der Waals surface area contributed by atoms with Crippen molar-refractivity contribution in [1.29, 1.82) is 0 Å². The minimum Gasteiger partial charge on any atom is -0.381 e.